The van der Waals surface area contributed by atoms with Crippen LogP contribution in [-0.4, -0.2) is 76.0 Å². The van der Waals surface area contributed by atoms with E-state index in [1.807, 2.05) is 6.07 Å². The van der Waals surface area contributed by atoms with Gasteiger partial charge in [-0.25, -0.2) is 18.0 Å². The number of carboxylic acids is 2. The Balaban J connectivity index is 0.000000569. The van der Waals surface area contributed by atoms with Crippen molar-refractivity contribution in [3.63, 3.8) is 0 Å². The fourth-order valence-electron chi connectivity index (χ4n) is 2.94. The highest BCUT2D eigenvalue weighted by molar-refractivity contribution is 9.10. The van der Waals surface area contributed by atoms with Crippen LogP contribution in [0.4, 0.5) is 5.69 Å². The Hall–Kier alpha value is -3.07. The highest BCUT2D eigenvalue weighted by Crippen LogP contribution is 2.25. The summed E-state index contributed by atoms with van der Waals surface area (Å²) >= 11 is 3.38. The minimum absolute atomic E-state index is 0.0474. The molecule has 0 aliphatic carbocycles. The Kier molecular flexibility index (Phi) is 8.87. The number of sulfonamides is 1. The number of piperazine rings is 1. The van der Waals surface area contributed by atoms with Crippen LogP contribution >= 0.6 is 15.9 Å². The van der Waals surface area contributed by atoms with Gasteiger partial charge in [0.1, 0.15) is 5.75 Å². The molecule has 1 heterocycles. The molecule has 2 aromatic rings. The number of nitro benzene ring substituents is 1. The van der Waals surface area contributed by atoms with Gasteiger partial charge in [-0.05, 0) is 30.3 Å². The molecule has 12 nitrogen and oxygen atoms in total. The second kappa shape index (κ2) is 11.2. The first-order chi connectivity index (χ1) is 15.4. The average molecular weight is 546 g/mol. The van der Waals surface area contributed by atoms with Crippen LogP contribution in [0, 0.1) is 10.1 Å². The van der Waals surface area contributed by atoms with Crippen LogP contribution in [0.1, 0.15) is 5.56 Å². The minimum atomic E-state index is -3.69. The molecule has 2 aromatic carbocycles. The van der Waals surface area contributed by atoms with E-state index in [-0.39, 0.29) is 16.3 Å². The normalized spacial score (nSPS) is 14.7. The summed E-state index contributed by atoms with van der Waals surface area (Å²) in [6.45, 7) is 2.20. The van der Waals surface area contributed by atoms with E-state index in [1.165, 1.54) is 28.6 Å². The summed E-state index contributed by atoms with van der Waals surface area (Å²) in [4.78, 5) is 30.5. The first-order valence-electron chi connectivity index (χ1n) is 9.32. The second-order valence-corrected chi connectivity index (χ2v) is 9.67. The third-order valence-corrected chi connectivity index (χ3v) is 7.04. The van der Waals surface area contributed by atoms with Crippen LogP contribution in [0.2, 0.25) is 0 Å². The molecule has 0 aromatic heterocycles. The quantitative estimate of drug-likeness (QED) is 0.284. The number of carbonyl (C=O) groups is 2. The molecule has 14 heteroatoms. The molecule has 0 radical (unpaired) electrons. The number of phenols is 1. The van der Waals surface area contributed by atoms with Crippen molar-refractivity contribution in [3.8, 4) is 5.75 Å². The highest BCUT2D eigenvalue weighted by Gasteiger charge is 2.29. The zero-order valence-corrected chi connectivity index (χ0v) is 19.4. The lowest BCUT2D eigenvalue weighted by atomic mass is 10.2. The van der Waals surface area contributed by atoms with Crippen LogP contribution in [0.15, 0.2) is 51.8 Å². The van der Waals surface area contributed by atoms with Crippen molar-refractivity contribution < 1.29 is 38.2 Å². The van der Waals surface area contributed by atoms with Gasteiger partial charge in [0.15, 0.2) is 0 Å². The summed E-state index contributed by atoms with van der Waals surface area (Å²) in [5.41, 5.74) is 0.628. The molecular weight excluding hydrogens is 526 g/mol. The summed E-state index contributed by atoms with van der Waals surface area (Å²) < 4.78 is 27.7. The fourth-order valence-corrected chi connectivity index (χ4v) is 4.77. The van der Waals surface area contributed by atoms with Crippen LogP contribution in [0.25, 0.3) is 0 Å². The number of carboxylic acid groups (broad SMARTS) is 2. The average Bonchev–Trinajstić information content (AvgIpc) is 2.77. The summed E-state index contributed by atoms with van der Waals surface area (Å²) in [5.74, 6) is -3.44. The van der Waals surface area contributed by atoms with Crippen molar-refractivity contribution in [2.24, 2.45) is 0 Å². The maximum absolute atomic E-state index is 12.7. The van der Waals surface area contributed by atoms with Crippen molar-refractivity contribution in [1.82, 2.24) is 9.21 Å². The van der Waals surface area contributed by atoms with E-state index in [9.17, 15) is 23.6 Å². The number of nitro groups is 1. The molecule has 0 unspecified atom stereocenters. The SMILES string of the molecule is O=C(O)C(=O)O.O=[N+]([O-])c1ccc(S(=O)(=O)N2CCN(Cc3cc(Br)ccc3O)CC2)cc1. The number of halogens is 1. The van der Waals surface area contributed by atoms with Crippen LogP contribution < -0.4 is 0 Å². The smallest absolute Gasteiger partial charge is 0.414 e. The van der Waals surface area contributed by atoms with Crippen molar-refractivity contribution in [2.75, 3.05) is 26.2 Å². The number of phenolic OH excluding ortho intramolecular Hbond substituents is 1. The van der Waals surface area contributed by atoms with Gasteiger partial charge >= 0.3 is 11.9 Å². The Labute approximate surface area is 197 Å². The van der Waals surface area contributed by atoms with Gasteiger partial charge in [0.25, 0.3) is 5.69 Å². The molecule has 0 atom stereocenters. The predicted octanol–water partition coefficient (Wildman–Crippen LogP) is 1.73. The largest absolute Gasteiger partial charge is 0.508 e. The van der Waals surface area contributed by atoms with Gasteiger partial charge in [-0.15, -0.1) is 0 Å². The van der Waals surface area contributed by atoms with Gasteiger partial charge in [0, 0.05) is 54.9 Å². The van der Waals surface area contributed by atoms with E-state index in [2.05, 4.69) is 20.8 Å². The molecule has 0 spiro atoms. The maximum Gasteiger partial charge on any atom is 0.414 e. The number of non-ortho nitro benzene ring substituents is 1. The summed E-state index contributed by atoms with van der Waals surface area (Å²) in [5, 5.41) is 35.5. The molecule has 178 valence electrons. The predicted molar refractivity (Wildman–Crippen MR) is 118 cm³/mol. The molecule has 3 rings (SSSR count). The zero-order chi connectivity index (χ0) is 24.8. The lowest BCUT2D eigenvalue weighted by molar-refractivity contribution is -0.384. The lowest BCUT2D eigenvalue weighted by Gasteiger charge is -2.34. The summed E-state index contributed by atoms with van der Waals surface area (Å²) in [6.07, 6.45) is 0. The number of rotatable bonds is 5. The van der Waals surface area contributed by atoms with E-state index < -0.39 is 26.9 Å². The topological polar surface area (TPSA) is 179 Å². The van der Waals surface area contributed by atoms with Gasteiger partial charge in [0.05, 0.1) is 9.82 Å². The number of benzene rings is 2. The van der Waals surface area contributed by atoms with Crippen LogP contribution in [0.3, 0.4) is 0 Å². The van der Waals surface area contributed by atoms with E-state index in [1.54, 1.807) is 12.1 Å². The molecular formula is C19H20BrN3O9S. The molecule has 1 saturated heterocycles. The molecule has 33 heavy (non-hydrogen) atoms. The standard InChI is InChI=1S/C17H18BrN3O5S.C2H2O4/c18-14-1-6-17(22)13(11-14)12-19-7-9-20(10-8-19)27(25,26)16-4-2-15(3-5-16)21(23)24;3-1(4)2(5)6/h1-6,11,22H,7-10,12H2;(H,3,4)(H,5,6). The number of hydrogen-bond acceptors (Lipinski definition) is 8. The molecule has 1 aliphatic rings. The van der Waals surface area contributed by atoms with Crippen molar-refractivity contribution in [2.45, 2.75) is 11.4 Å². The van der Waals surface area contributed by atoms with Gasteiger partial charge in [-0.2, -0.15) is 4.31 Å². The monoisotopic (exact) mass is 545 g/mol. The van der Waals surface area contributed by atoms with E-state index >= 15 is 0 Å². The number of nitrogens with zero attached hydrogens (tertiary/aromatic N) is 3. The van der Waals surface area contributed by atoms with Crippen molar-refractivity contribution in [1.29, 1.82) is 0 Å². The number of aliphatic carboxylic acids is 2. The molecule has 3 N–H and O–H groups in total. The second-order valence-electron chi connectivity index (χ2n) is 6.81. The Morgan fingerprint density at radius 2 is 1.55 bits per heavy atom. The van der Waals surface area contributed by atoms with Gasteiger partial charge < -0.3 is 15.3 Å². The first kappa shape index (κ1) is 26.2. The first-order valence-corrected chi connectivity index (χ1v) is 11.6. The number of aromatic hydroxyl groups is 1. The van der Waals surface area contributed by atoms with Gasteiger partial charge in [-0.3, -0.25) is 15.0 Å². The Morgan fingerprint density at radius 3 is 2.03 bits per heavy atom. The lowest BCUT2D eigenvalue weighted by Crippen LogP contribution is -2.48. The van der Waals surface area contributed by atoms with E-state index in [0.29, 0.717) is 32.7 Å². The Bertz CT molecular complexity index is 1120. The molecule has 0 saturated carbocycles. The zero-order valence-electron chi connectivity index (χ0n) is 17.0. The maximum atomic E-state index is 12.7. The fraction of sp³-hybridized carbons (Fsp3) is 0.263. The summed E-state index contributed by atoms with van der Waals surface area (Å²) in [6, 6.07) is 10.1. The molecule has 1 fully saturated rings. The third kappa shape index (κ3) is 7.21. The number of hydrogen-bond donors (Lipinski definition) is 3. The van der Waals surface area contributed by atoms with Crippen LogP contribution in [-0.2, 0) is 26.2 Å². The molecule has 1 aliphatic heterocycles. The van der Waals surface area contributed by atoms with Crippen LogP contribution in [0.5, 0.6) is 5.75 Å². The molecule has 0 bridgehead atoms. The van der Waals surface area contributed by atoms with E-state index in [0.717, 1.165) is 10.0 Å². The van der Waals surface area contributed by atoms with Gasteiger partial charge in [-0.1, -0.05) is 15.9 Å². The summed E-state index contributed by atoms with van der Waals surface area (Å²) in [7, 11) is -3.69. The van der Waals surface area contributed by atoms with Gasteiger partial charge in [0.2, 0.25) is 10.0 Å². The Morgan fingerprint density at radius 1 is 1.00 bits per heavy atom. The van der Waals surface area contributed by atoms with Crippen molar-refractivity contribution in [3.05, 3.63) is 62.6 Å². The molecule has 0 amide bonds. The highest BCUT2D eigenvalue weighted by atomic mass is 79.9. The van der Waals surface area contributed by atoms with E-state index in [4.69, 9.17) is 19.8 Å². The third-order valence-electron chi connectivity index (χ3n) is 4.64. The van der Waals surface area contributed by atoms with Crippen molar-refractivity contribution >= 4 is 43.6 Å². The minimum Gasteiger partial charge on any atom is -0.508 e.